The summed E-state index contributed by atoms with van der Waals surface area (Å²) >= 11 is 0. The van der Waals surface area contributed by atoms with E-state index in [2.05, 4.69) is 10.2 Å². The number of alkyl halides is 3. The van der Waals surface area contributed by atoms with Gasteiger partial charge in [0.2, 0.25) is 5.91 Å². The minimum atomic E-state index is -4.45. The van der Waals surface area contributed by atoms with E-state index in [4.69, 9.17) is 0 Å². The van der Waals surface area contributed by atoms with Crippen molar-refractivity contribution in [1.29, 1.82) is 0 Å². The van der Waals surface area contributed by atoms with E-state index in [1.54, 1.807) is 11.0 Å². The van der Waals surface area contributed by atoms with Gasteiger partial charge in [-0.2, -0.15) is 18.3 Å². The van der Waals surface area contributed by atoms with Crippen molar-refractivity contribution >= 4 is 5.91 Å². The van der Waals surface area contributed by atoms with Crippen LogP contribution in [0.15, 0.2) is 30.5 Å². The molecule has 1 aliphatic carbocycles. The van der Waals surface area contributed by atoms with Crippen LogP contribution in [0.25, 0.3) is 0 Å². The Labute approximate surface area is 149 Å². The van der Waals surface area contributed by atoms with Gasteiger partial charge in [-0.3, -0.25) is 9.89 Å². The fraction of sp³-hybridized carbons (Fsp3) is 0.474. The molecule has 1 saturated heterocycles. The molecule has 1 unspecified atom stereocenters. The van der Waals surface area contributed by atoms with Crippen LogP contribution >= 0.6 is 0 Å². The van der Waals surface area contributed by atoms with E-state index in [1.165, 1.54) is 17.7 Å². The van der Waals surface area contributed by atoms with Gasteiger partial charge in [-0.1, -0.05) is 18.2 Å². The molecule has 1 aliphatic heterocycles. The highest BCUT2D eigenvalue weighted by Crippen LogP contribution is 2.44. The summed E-state index contributed by atoms with van der Waals surface area (Å²) in [5.41, 5.74) is 1.49. The number of hydrogen-bond acceptors (Lipinski definition) is 2. The van der Waals surface area contributed by atoms with Crippen LogP contribution in [0.5, 0.6) is 0 Å². The molecule has 1 amide bonds. The first-order valence-corrected chi connectivity index (χ1v) is 8.85. The van der Waals surface area contributed by atoms with Gasteiger partial charge in [0.15, 0.2) is 0 Å². The lowest BCUT2D eigenvalue weighted by Crippen LogP contribution is -2.48. The Hall–Kier alpha value is -2.31. The number of likely N-dealkylation sites (tertiary alicyclic amines) is 1. The maximum atomic E-state index is 13.2. The molecule has 4 nitrogen and oxygen atoms in total. The Balaban J connectivity index is 1.53. The number of rotatable bonds is 2. The number of H-pyrrole nitrogens is 1. The molecule has 138 valence electrons. The third kappa shape index (κ3) is 2.89. The van der Waals surface area contributed by atoms with Crippen molar-refractivity contribution in [2.75, 3.05) is 13.1 Å². The van der Waals surface area contributed by atoms with E-state index >= 15 is 0 Å². The lowest BCUT2D eigenvalue weighted by Gasteiger charge is -2.40. The van der Waals surface area contributed by atoms with Crippen LogP contribution < -0.4 is 0 Å². The largest absolute Gasteiger partial charge is 0.416 e. The van der Waals surface area contributed by atoms with Crippen molar-refractivity contribution < 1.29 is 18.0 Å². The lowest BCUT2D eigenvalue weighted by molar-refractivity contribution is -0.139. The molecule has 1 aromatic heterocycles. The number of piperidine rings is 1. The van der Waals surface area contributed by atoms with Crippen LogP contribution in [0.3, 0.4) is 0 Å². The first-order chi connectivity index (χ1) is 12.4. The second kappa shape index (κ2) is 6.14. The van der Waals surface area contributed by atoms with Gasteiger partial charge >= 0.3 is 6.18 Å². The third-order valence-electron chi connectivity index (χ3n) is 5.72. The van der Waals surface area contributed by atoms with Gasteiger partial charge in [0.05, 0.1) is 18.2 Å². The zero-order valence-electron chi connectivity index (χ0n) is 14.3. The number of halogens is 3. The summed E-state index contributed by atoms with van der Waals surface area (Å²) in [6.45, 7) is 1.15. The van der Waals surface area contributed by atoms with Crippen molar-refractivity contribution in [2.45, 2.75) is 43.7 Å². The smallest absolute Gasteiger partial charge is 0.341 e. The molecular weight excluding hydrogens is 343 g/mol. The number of amides is 1. The number of hydrogen-bond donors (Lipinski definition) is 1. The molecule has 1 spiro atoms. The number of aryl methyl sites for hydroxylation is 1. The summed E-state index contributed by atoms with van der Waals surface area (Å²) < 4.78 is 39.5. The molecule has 7 heteroatoms. The topological polar surface area (TPSA) is 49.0 Å². The molecule has 4 rings (SSSR count). The minimum absolute atomic E-state index is 0.0401. The number of fused-ring (bicyclic) bond motifs is 2. The van der Waals surface area contributed by atoms with E-state index in [0.29, 0.717) is 13.1 Å². The first kappa shape index (κ1) is 17.1. The summed E-state index contributed by atoms with van der Waals surface area (Å²) in [7, 11) is 0. The van der Waals surface area contributed by atoms with Crippen molar-refractivity contribution in [3.63, 3.8) is 0 Å². The second-order valence-corrected chi connectivity index (χ2v) is 7.30. The molecule has 0 radical (unpaired) electrons. The fourth-order valence-corrected chi connectivity index (χ4v) is 4.44. The summed E-state index contributed by atoms with van der Waals surface area (Å²) in [4.78, 5) is 14.5. The molecule has 1 fully saturated rings. The maximum absolute atomic E-state index is 13.2. The Morgan fingerprint density at radius 2 is 2.08 bits per heavy atom. The van der Waals surface area contributed by atoms with Crippen LogP contribution in [0.2, 0.25) is 0 Å². The van der Waals surface area contributed by atoms with E-state index < -0.39 is 11.7 Å². The van der Waals surface area contributed by atoms with Crippen LogP contribution in [0.4, 0.5) is 13.2 Å². The van der Waals surface area contributed by atoms with Crippen LogP contribution in [-0.4, -0.2) is 34.1 Å². The molecular formula is C19H20F3N3O. The third-order valence-corrected chi connectivity index (χ3v) is 5.72. The SMILES string of the molecule is O=C(Cc1ccccc1C(F)(F)F)N1CCCC2(CCc3cn[nH]c32)C1. The molecule has 1 atom stereocenters. The summed E-state index contributed by atoms with van der Waals surface area (Å²) in [5.74, 6) is -0.242. The zero-order valence-corrected chi connectivity index (χ0v) is 14.3. The van der Waals surface area contributed by atoms with E-state index in [9.17, 15) is 18.0 Å². The van der Waals surface area contributed by atoms with E-state index in [1.807, 2.05) is 6.20 Å². The summed E-state index contributed by atoms with van der Waals surface area (Å²) in [6, 6.07) is 5.32. The average Bonchev–Trinajstić information content (AvgIpc) is 3.20. The maximum Gasteiger partial charge on any atom is 0.416 e. The van der Waals surface area contributed by atoms with Crippen molar-refractivity contribution in [3.05, 3.63) is 52.8 Å². The van der Waals surface area contributed by atoms with Gasteiger partial charge in [-0.15, -0.1) is 0 Å². The van der Waals surface area contributed by atoms with Gasteiger partial charge in [0, 0.05) is 24.2 Å². The van der Waals surface area contributed by atoms with Gasteiger partial charge < -0.3 is 4.90 Å². The van der Waals surface area contributed by atoms with Gasteiger partial charge in [0.25, 0.3) is 0 Å². The van der Waals surface area contributed by atoms with Crippen LogP contribution in [-0.2, 0) is 29.2 Å². The fourth-order valence-electron chi connectivity index (χ4n) is 4.44. The van der Waals surface area contributed by atoms with Crippen molar-refractivity contribution in [1.82, 2.24) is 15.1 Å². The lowest BCUT2D eigenvalue weighted by atomic mass is 9.77. The molecule has 26 heavy (non-hydrogen) atoms. The number of aromatic nitrogens is 2. The van der Waals surface area contributed by atoms with Gasteiger partial charge in [0.1, 0.15) is 0 Å². The number of nitrogens with zero attached hydrogens (tertiary/aromatic N) is 2. The molecule has 1 N–H and O–H groups in total. The van der Waals surface area contributed by atoms with Crippen LogP contribution in [0, 0.1) is 0 Å². The van der Waals surface area contributed by atoms with Crippen molar-refractivity contribution in [2.24, 2.45) is 0 Å². The predicted octanol–water partition coefficient (Wildman–Crippen LogP) is 3.48. The van der Waals surface area contributed by atoms with E-state index in [-0.39, 0.29) is 23.3 Å². The zero-order chi connectivity index (χ0) is 18.4. The average molecular weight is 363 g/mol. The molecule has 0 bridgehead atoms. The Morgan fingerprint density at radius 3 is 2.88 bits per heavy atom. The van der Waals surface area contributed by atoms with Gasteiger partial charge in [-0.25, -0.2) is 0 Å². The Bertz CT molecular complexity index is 829. The van der Waals surface area contributed by atoms with Crippen molar-refractivity contribution in [3.8, 4) is 0 Å². The Kier molecular flexibility index (Phi) is 4.04. The Morgan fingerprint density at radius 1 is 1.27 bits per heavy atom. The predicted molar refractivity (Wildman–Crippen MR) is 89.5 cm³/mol. The molecule has 0 saturated carbocycles. The molecule has 2 aromatic rings. The molecule has 2 aliphatic rings. The first-order valence-electron chi connectivity index (χ1n) is 8.85. The minimum Gasteiger partial charge on any atom is -0.341 e. The highest BCUT2D eigenvalue weighted by Gasteiger charge is 2.44. The number of nitrogens with one attached hydrogen (secondary N) is 1. The van der Waals surface area contributed by atoms with E-state index in [0.717, 1.165) is 37.4 Å². The summed E-state index contributed by atoms with van der Waals surface area (Å²) in [5, 5.41) is 7.20. The second-order valence-electron chi connectivity index (χ2n) is 7.30. The molecule has 2 heterocycles. The highest BCUT2D eigenvalue weighted by molar-refractivity contribution is 5.79. The number of aromatic amines is 1. The number of benzene rings is 1. The standard InChI is InChI=1S/C19H20F3N3O/c20-19(21,22)15-5-2-1-4-13(15)10-16(26)25-9-3-7-18(12-25)8-6-14-11-23-24-17(14)18/h1-2,4-5,11H,3,6-10,12H2,(H,23,24). The monoisotopic (exact) mass is 363 g/mol. The molecule has 1 aromatic carbocycles. The highest BCUT2D eigenvalue weighted by atomic mass is 19.4. The normalized spacial score (nSPS) is 22.7. The van der Waals surface area contributed by atoms with Gasteiger partial charge in [-0.05, 0) is 42.9 Å². The summed E-state index contributed by atoms with van der Waals surface area (Å²) in [6.07, 6.45) is 0.892. The number of carbonyl (C=O) groups is 1. The van der Waals surface area contributed by atoms with Crippen LogP contribution in [0.1, 0.15) is 41.6 Å². The quantitative estimate of drug-likeness (QED) is 0.888. The number of carbonyl (C=O) groups excluding carboxylic acids is 1.